The number of halogens is 6. The smallest absolute Gasteiger partial charge is 0.550 e. The molecule has 0 bridgehead atoms. The van der Waals surface area contributed by atoms with Gasteiger partial charge in [0.05, 0.1) is 23.0 Å². The summed E-state index contributed by atoms with van der Waals surface area (Å²) in [6, 6.07) is 38.9. The van der Waals surface area contributed by atoms with Crippen LogP contribution >= 0.6 is 0 Å². The van der Waals surface area contributed by atoms with Crippen LogP contribution in [0, 0.1) is 23.7 Å². The zero-order valence-corrected chi connectivity index (χ0v) is 38.0. The molecule has 336 valence electrons. The first-order valence-corrected chi connectivity index (χ1v) is 19.7. The topological polar surface area (TPSA) is 130 Å². The van der Waals surface area contributed by atoms with Gasteiger partial charge in [-0.2, -0.15) is 26.3 Å². The summed E-state index contributed by atoms with van der Waals surface area (Å²) in [6.45, 7) is 3.84. The summed E-state index contributed by atoms with van der Waals surface area (Å²) in [4.78, 5) is 21.8. The van der Waals surface area contributed by atoms with Crippen LogP contribution in [0.1, 0.15) is 71.9 Å². The van der Waals surface area contributed by atoms with E-state index in [1.807, 2.05) is 48.5 Å². The standard InChI is InChI=1S/2C26H21F3O3.Ca.H2O/c2*1-2-4-21(16-25(30)31)20-9-13-24(14-10-20)32-17-18-5-3-6-22(15-18)19-7-11-23(12-8-19)26(27,28)29;;/h2*3,5-15,21H,16-17H2,1H3,(H,30,31);;1H2/q;;+2;/p-2/t2*21-;;/m00../s1. The minimum absolute atomic E-state index is 0. The van der Waals surface area contributed by atoms with Crippen molar-refractivity contribution in [2.45, 2.75) is 64.1 Å². The van der Waals surface area contributed by atoms with Crippen molar-refractivity contribution in [3.63, 3.8) is 0 Å². The molecule has 14 heteroatoms. The number of hydrogen-bond donors (Lipinski definition) is 0. The number of rotatable bonds is 14. The molecule has 0 aliphatic carbocycles. The fourth-order valence-corrected chi connectivity index (χ4v) is 6.50. The zero-order chi connectivity index (χ0) is 46.3. The number of carbonyl (C=O) groups excluding carboxylic acids is 2. The van der Waals surface area contributed by atoms with E-state index < -0.39 is 47.3 Å². The molecule has 6 rings (SSSR count). The minimum atomic E-state index is -4.36. The number of alkyl halides is 6. The van der Waals surface area contributed by atoms with Crippen molar-refractivity contribution < 1.29 is 61.1 Å². The molecular formula is C52H42CaF6O7. The van der Waals surface area contributed by atoms with Crippen molar-refractivity contribution in [1.82, 2.24) is 0 Å². The Balaban J connectivity index is 0.000000340. The molecule has 0 aromatic heterocycles. The first kappa shape index (κ1) is 54.1. The molecule has 0 heterocycles. The van der Waals surface area contributed by atoms with Gasteiger partial charge in [-0.25, -0.2) is 0 Å². The van der Waals surface area contributed by atoms with Crippen molar-refractivity contribution in [2.24, 2.45) is 0 Å². The van der Waals surface area contributed by atoms with E-state index >= 15 is 0 Å². The van der Waals surface area contributed by atoms with E-state index in [1.54, 1.807) is 62.4 Å². The molecule has 0 amide bonds. The van der Waals surface area contributed by atoms with Gasteiger partial charge in [-0.1, -0.05) is 96.8 Å². The SMILES string of the molecule is CC#C[C@@H](CC(=O)[O-])c1ccc(OCc2cccc(-c3ccc(C(F)(F)F)cc3)c2)cc1.CC#C[C@@H](CC(=O)[O-])c1ccc(OCc2cccc(-c3ccc(C(F)(F)F)cc3)c2)cc1.O.[Ca+2]. The monoisotopic (exact) mass is 932 g/mol. The second-order valence-electron chi connectivity index (χ2n) is 14.3. The third kappa shape index (κ3) is 16.6. The van der Waals surface area contributed by atoms with Gasteiger partial charge in [0.15, 0.2) is 0 Å². The molecule has 0 aliphatic rings. The van der Waals surface area contributed by atoms with Crippen LogP contribution in [-0.4, -0.2) is 55.2 Å². The maximum atomic E-state index is 12.8. The maximum Gasteiger partial charge on any atom is 2.00 e. The average molecular weight is 933 g/mol. The molecule has 0 spiro atoms. The van der Waals surface area contributed by atoms with Gasteiger partial charge < -0.3 is 34.8 Å². The van der Waals surface area contributed by atoms with Gasteiger partial charge in [0, 0.05) is 24.8 Å². The van der Waals surface area contributed by atoms with Gasteiger partial charge >= 0.3 is 50.1 Å². The van der Waals surface area contributed by atoms with Gasteiger partial charge in [0.2, 0.25) is 0 Å². The van der Waals surface area contributed by atoms with E-state index in [9.17, 15) is 46.1 Å². The van der Waals surface area contributed by atoms with Crippen LogP contribution in [0.15, 0.2) is 146 Å². The van der Waals surface area contributed by atoms with Crippen LogP contribution in [0.4, 0.5) is 26.3 Å². The van der Waals surface area contributed by atoms with Crippen LogP contribution in [0.2, 0.25) is 0 Å². The number of carbonyl (C=O) groups is 2. The Kier molecular flexibility index (Phi) is 20.9. The van der Waals surface area contributed by atoms with Gasteiger partial charge in [-0.3, -0.25) is 0 Å². The zero-order valence-electron chi connectivity index (χ0n) is 35.8. The minimum Gasteiger partial charge on any atom is -0.550 e. The summed E-state index contributed by atoms with van der Waals surface area (Å²) in [5.41, 5.74) is 4.82. The predicted molar refractivity (Wildman–Crippen MR) is 236 cm³/mol. The molecule has 7 nitrogen and oxygen atoms in total. The molecule has 0 saturated heterocycles. The fraction of sp³-hybridized carbons (Fsp3) is 0.192. The number of carboxylic acid groups (broad SMARTS) is 2. The van der Waals surface area contributed by atoms with E-state index in [1.165, 1.54) is 24.3 Å². The molecule has 0 aliphatic heterocycles. The van der Waals surface area contributed by atoms with Crippen LogP contribution in [-0.2, 0) is 35.2 Å². The van der Waals surface area contributed by atoms with Crippen molar-refractivity contribution in [3.8, 4) is 57.4 Å². The van der Waals surface area contributed by atoms with Gasteiger partial charge in [-0.05, 0) is 119 Å². The Labute approximate surface area is 408 Å². The Morgan fingerprint density at radius 2 is 0.848 bits per heavy atom. The number of ether oxygens (including phenoxy) is 2. The normalized spacial score (nSPS) is 11.5. The summed E-state index contributed by atoms with van der Waals surface area (Å²) < 4.78 is 88.2. The predicted octanol–water partition coefficient (Wildman–Crippen LogP) is 9.19. The molecule has 0 fully saturated rings. The van der Waals surface area contributed by atoms with Gasteiger partial charge in [-0.15, -0.1) is 11.8 Å². The Morgan fingerprint density at radius 1 is 0.515 bits per heavy atom. The molecule has 66 heavy (non-hydrogen) atoms. The van der Waals surface area contributed by atoms with E-state index in [-0.39, 0.29) is 69.3 Å². The Bertz CT molecular complexity index is 2440. The molecule has 0 saturated carbocycles. The van der Waals surface area contributed by atoms with Crippen LogP contribution in [0.5, 0.6) is 11.5 Å². The van der Waals surface area contributed by atoms with Crippen molar-refractivity contribution in [2.75, 3.05) is 0 Å². The third-order valence-corrected chi connectivity index (χ3v) is 9.70. The largest absolute Gasteiger partial charge is 2.00 e. The van der Waals surface area contributed by atoms with Crippen LogP contribution < -0.4 is 19.7 Å². The maximum absolute atomic E-state index is 12.8. The van der Waals surface area contributed by atoms with E-state index in [2.05, 4.69) is 23.7 Å². The van der Waals surface area contributed by atoms with Crippen LogP contribution in [0.3, 0.4) is 0 Å². The molecular weight excluding hydrogens is 891 g/mol. The average Bonchev–Trinajstić information content (AvgIpc) is 3.27. The summed E-state index contributed by atoms with van der Waals surface area (Å²) >= 11 is 0. The molecule has 6 aromatic carbocycles. The quantitative estimate of drug-likeness (QED) is 0.0609. The summed E-state index contributed by atoms with van der Waals surface area (Å²) in [5, 5.41) is 21.8. The molecule has 2 N–H and O–H groups in total. The van der Waals surface area contributed by atoms with E-state index in [4.69, 9.17) is 9.47 Å². The Morgan fingerprint density at radius 3 is 1.14 bits per heavy atom. The summed E-state index contributed by atoms with van der Waals surface area (Å²) in [7, 11) is 0. The molecule has 6 aromatic rings. The first-order chi connectivity index (χ1) is 30.5. The second-order valence-corrected chi connectivity index (χ2v) is 14.3. The van der Waals surface area contributed by atoms with Crippen molar-refractivity contribution in [1.29, 1.82) is 0 Å². The summed E-state index contributed by atoms with van der Waals surface area (Å²) in [5.74, 6) is 9.19. The Hall–Kier alpha value is -6.22. The number of benzene rings is 6. The molecule has 0 unspecified atom stereocenters. The molecule has 0 radical (unpaired) electrons. The second kappa shape index (κ2) is 25.5. The van der Waals surface area contributed by atoms with Gasteiger partial charge in [0.25, 0.3) is 0 Å². The van der Waals surface area contributed by atoms with E-state index in [0.29, 0.717) is 22.6 Å². The number of hydrogen-bond acceptors (Lipinski definition) is 6. The number of aliphatic carboxylic acids is 2. The van der Waals surface area contributed by atoms with Crippen LogP contribution in [0.25, 0.3) is 22.3 Å². The fourth-order valence-electron chi connectivity index (χ4n) is 6.50. The molecule has 2 atom stereocenters. The third-order valence-electron chi connectivity index (χ3n) is 9.70. The van der Waals surface area contributed by atoms with Crippen molar-refractivity contribution in [3.05, 3.63) is 179 Å². The number of carboxylic acids is 2. The first-order valence-electron chi connectivity index (χ1n) is 19.7. The van der Waals surface area contributed by atoms with Gasteiger partial charge in [0.1, 0.15) is 24.7 Å². The van der Waals surface area contributed by atoms with E-state index in [0.717, 1.165) is 57.6 Å². The van der Waals surface area contributed by atoms with Crippen molar-refractivity contribution >= 4 is 49.7 Å². The summed E-state index contributed by atoms with van der Waals surface area (Å²) in [6.07, 6.45) is -9.09.